The normalized spacial score (nSPS) is 21.0. The third kappa shape index (κ3) is 2.65. The number of nitrogens with zero attached hydrogens (tertiary/aromatic N) is 2. The summed E-state index contributed by atoms with van der Waals surface area (Å²) in [5.74, 6) is 0.326. The lowest BCUT2D eigenvalue weighted by molar-refractivity contribution is 0.0521. The molecule has 0 aromatic carbocycles. The predicted octanol–water partition coefficient (Wildman–Crippen LogP) is 0.528. The first-order valence-electron chi connectivity index (χ1n) is 6.58. The molecule has 1 aliphatic heterocycles. The first kappa shape index (κ1) is 14.8. The SMILES string of the molecule is CCOC(=O)c1nc(C)n(CC2CCCS2(=O)=O)c1N. The summed E-state index contributed by atoms with van der Waals surface area (Å²) < 4.78 is 30.2. The van der Waals surface area contributed by atoms with Gasteiger partial charge in [-0.25, -0.2) is 18.2 Å². The fourth-order valence-corrected chi connectivity index (χ4v) is 4.23. The molecule has 1 atom stereocenters. The molecule has 2 heterocycles. The second-order valence-electron chi connectivity index (χ2n) is 4.86. The van der Waals surface area contributed by atoms with Gasteiger partial charge in [0.2, 0.25) is 0 Å². The number of esters is 1. The van der Waals surface area contributed by atoms with E-state index in [9.17, 15) is 13.2 Å². The first-order valence-corrected chi connectivity index (χ1v) is 8.29. The molecule has 2 rings (SSSR count). The monoisotopic (exact) mass is 301 g/mol. The summed E-state index contributed by atoms with van der Waals surface area (Å²) in [6, 6.07) is 0. The number of carbonyl (C=O) groups excluding carboxylic acids is 1. The van der Waals surface area contributed by atoms with Crippen molar-refractivity contribution in [2.75, 3.05) is 18.1 Å². The van der Waals surface area contributed by atoms with E-state index in [-0.39, 0.29) is 30.4 Å². The molecule has 0 aliphatic carbocycles. The van der Waals surface area contributed by atoms with Gasteiger partial charge in [-0.2, -0.15) is 0 Å². The van der Waals surface area contributed by atoms with Crippen LogP contribution in [0, 0.1) is 6.92 Å². The highest BCUT2D eigenvalue weighted by Gasteiger charge is 2.33. The lowest BCUT2D eigenvalue weighted by atomic mass is 10.2. The van der Waals surface area contributed by atoms with Crippen LogP contribution >= 0.6 is 0 Å². The van der Waals surface area contributed by atoms with Crippen molar-refractivity contribution in [1.82, 2.24) is 9.55 Å². The van der Waals surface area contributed by atoms with E-state index in [0.717, 1.165) is 0 Å². The van der Waals surface area contributed by atoms with Crippen molar-refractivity contribution in [1.29, 1.82) is 0 Å². The van der Waals surface area contributed by atoms with Crippen LogP contribution in [0.25, 0.3) is 0 Å². The van der Waals surface area contributed by atoms with Gasteiger partial charge in [0.1, 0.15) is 11.6 Å². The van der Waals surface area contributed by atoms with Crippen LogP contribution in [0.5, 0.6) is 0 Å². The Bertz CT molecular complexity index is 621. The molecule has 2 N–H and O–H groups in total. The first-order chi connectivity index (χ1) is 9.36. The van der Waals surface area contributed by atoms with Crippen LogP contribution in [0.15, 0.2) is 0 Å². The van der Waals surface area contributed by atoms with E-state index in [1.807, 2.05) is 0 Å². The van der Waals surface area contributed by atoms with Gasteiger partial charge >= 0.3 is 5.97 Å². The van der Waals surface area contributed by atoms with E-state index in [1.165, 1.54) is 0 Å². The zero-order chi connectivity index (χ0) is 14.9. The maximum Gasteiger partial charge on any atom is 0.360 e. The highest BCUT2D eigenvalue weighted by atomic mass is 32.2. The number of imidazole rings is 1. The number of hydrogen-bond donors (Lipinski definition) is 1. The second kappa shape index (κ2) is 5.43. The molecule has 0 radical (unpaired) electrons. The number of sulfone groups is 1. The fraction of sp³-hybridized carbons (Fsp3) is 0.667. The van der Waals surface area contributed by atoms with Crippen molar-refractivity contribution in [3.8, 4) is 0 Å². The van der Waals surface area contributed by atoms with Crippen LogP contribution in [-0.2, 0) is 21.1 Å². The van der Waals surface area contributed by atoms with Gasteiger partial charge in [-0.3, -0.25) is 0 Å². The van der Waals surface area contributed by atoms with Crippen molar-refractivity contribution < 1.29 is 17.9 Å². The number of ether oxygens (including phenoxy) is 1. The Balaban J connectivity index is 2.27. The molecule has 112 valence electrons. The van der Waals surface area contributed by atoms with Crippen molar-refractivity contribution in [3.63, 3.8) is 0 Å². The van der Waals surface area contributed by atoms with Gasteiger partial charge in [0.15, 0.2) is 15.5 Å². The van der Waals surface area contributed by atoms with Crippen molar-refractivity contribution >= 4 is 21.6 Å². The van der Waals surface area contributed by atoms with Crippen LogP contribution in [0.1, 0.15) is 36.1 Å². The number of aryl methyl sites for hydroxylation is 1. The molecule has 1 aliphatic rings. The van der Waals surface area contributed by atoms with Crippen molar-refractivity contribution in [2.45, 2.75) is 38.5 Å². The molecule has 0 amide bonds. The van der Waals surface area contributed by atoms with E-state index < -0.39 is 21.1 Å². The smallest absolute Gasteiger partial charge is 0.360 e. The second-order valence-corrected chi connectivity index (χ2v) is 7.26. The average molecular weight is 301 g/mol. The largest absolute Gasteiger partial charge is 0.461 e. The standard InChI is InChI=1S/C12H19N3O4S/c1-3-19-12(16)10-11(13)15(8(2)14-10)7-9-5-4-6-20(9,17)18/h9H,3-7,13H2,1-2H3. The van der Waals surface area contributed by atoms with Crippen LogP contribution < -0.4 is 5.73 Å². The molecule has 0 saturated carbocycles. The summed E-state index contributed by atoms with van der Waals surface area (Å²) in [6.45, 7) is 3.87. The number of hydrogen-bond acceptors (Lipinski definition) is 6. The molecular formula is C12H19N3O4S. The number of carbonyl (C=O) groups is 1. The third-order valence-corrected chi connectivity index (χ3v) is 5.77. The molecule has 20 heavy (non-hydrogen) atoms. The average Bonchev–Trinajstić information content (AvgIpc) is 2.84. The van der Waals surface area contributed by atoms with Gasteiger partial charge in [0, 0.05) is 6.54 Å². The van der Waals surface area contributed by atoms with Crippen molar-refractivity contribution in [3.05, 3.63) is 11.5 Å². The molecular weight excluding hydrogens is 282 g/mol. The predicted molar refractivity (Wildman–Crippen MR) is 74.1 cm³/mol. The van der Waals surface area contributed by atoms with Gasteiger partial charge in [0.25, 0.3) is 0 Å². The Morgan fingerprint density at radius 2 is 2.25 bits per heavy atom. The number of anilines is 1. The van der Waals surface area contributed by atoms with Crippen LogP contribution in [0.3, 0.4) is 0 Å². The molecule has 0 spiro atoms. The summed E-state index contributed by atoms with van der Waals surface area (Å²) in [5, 5.41) is -0.451. The minimum atomic E-state index is -3.06. The van der Waals surface area contributed by atoms with Crippen LogP contribution in [-0.4, -0.2) is 41.5 Å². The van der Waals surface area contributed by atoms with E-state index in [2.05, 4.69) is 4.98 Å². The zero-order valence-electron chi connectivity index (χ0n) is 11.6. The molecule has 1 aromatic heterocycles. The molecule has 1 saturated heterocycles. The summed E-state index contributed by atoms with van der Waals surface area (Å²) in [7, 11) is -3.06. The van der Waals surface area contributed by atoms with Gasteiger partial charge in [0.05, 0.1) is 17.6 Å². The maximum absolute atomic E-state index is 11.9. The van der Waals surface area contributed by atoms with Crippen LogP contribution in [0.2, 0.25) is 0 Å². The summed E-state index contributed by atoms with van der Waals surface area (Å²) in [6.07, 6.45) is 1.29. The molecule has 0 bridgehead atoms. The Kier molecular flexibility index (Phi) is 4.03. The molecule has 1 fully saturated rings. The summed E-state index contributed by atoms with van der Waals surface area (Å²) >= 11 is 0. The highest BCUT2D eigenvalue weighted by Crippen LogP contribution is 2.24. The number of nitrogens with two attached hydrogens (primary N) is 1. The van der Waals surface area contributed by atoms with Gasteiger partial charge < -0.3 is 15.0 Å². The Morgan fingerprint density at radius 1 is 1.55 bits per heavy atom. The third-order valence-electron chi connectivity index (χ3n) is 3.52. The van der Waals surface area contributed by atoms with Crippen molar-refractivity contribution in [2.24, 2.45) is 0 Å². The van der Waals surface area contributed by atoms with E-state index in [1.54, 1.807) is 18.4 Å². The van der Waals surface area contributed by atoms with Crippen LogP contribution in [0.4, 0.5) is 5.82 Å². The van der Waals surface area contributed by atoms with Gasteiger partial charge in [-0.05, 0) is 26.7 Å². The Hall–Kier alpha value is -1.57. The van der Waals surface area contributed by atoms with E-state index in [0.29, 0.717) is 18.7 Å². The number of aromatic nitrogens is 2. The molecule has 1 unspecified atom stereocenters. The Labute approximate surface area is 118 Å². The molecule has 1 aromatic rings. The maximum atomic E-state index is 11.9. The highest BCUT2D eigenvalue weighted by molar-refractivity contribution is 7.92. The lowest BCUT2D eigenvalue weighted by Gasteiger charge is -2.13. The quantitative estimate of drug-likeness (QED) is 0.813. The summed E-state index contributed by atoms with van der Waals surface area (Å²) in [5.41, 5.74) is 5.96. The Morgan fingerprint density at radius 3 is 2.80 bits per heavy atom. The van der Waals surface area contributed by atoms with Gasteiger partial charge in [-0.15, -0.1) is 0 Å². The number of rotatable bonds is 4. The fourth-order valence-electron chi connectivity index (χ4n) is 2.43. The zero-order valence-corrected chi connectivity index (χ0v) is 12.4. The topological polar surface area (TPSA) is 104 Å². The molecule has 8 heteroatoms. The minimum Gasteiger partial charge on any atom is -0.461 e. The molecule has 7 nitrogen and oxygen atoms in total. The van der Waals surface area contributed by atoms with Gasteiger partial charge in [-0.1, -0.05) is 0 Å². The lowest BCUT2D eigenvalue weighted by Crippen LogP contribution is -2.23. The van der Waals surface area contributed by atoms with E-state index >= 15 is 0 Å². The number of nitrogen functional groups attached to an aromatic ring is 1. The van der Waals surface area contributed by atoms with E-state index in [4.69, 9.17) is 10.5 Å². The summed E-state index contributed by atoms with van der Waals surface area (Å²) in [4.78, 5) is 15.8. The minimum absolute atomic E-state index is 0.0553.